The Bertz CT molecular complexity index is 3340. The third kappa shape index (κ3) is 6.78. The number of benzene rings is 10. The lowest BCUT2D eigenvalue weighted by Crippen LogP contribution is -2.61. The molecule has 0 unspecified atom stereocenters. The Morgan fingerprint density at radius 3 is 1.45 bits per heavy atom. The van der Waals surface area contributed by atoms with E-state index in [0.717, 1.165) is 34.1 Å². The number of nitrogens with zero attached hydrogens (tertiary/aromatic N) is 3. The number of rotatable bonds is 8. The second-order valence-electron chi connectivity index (χ2n) is 17.5. The normalized spacial score (nSPS) is 12.3. The van der Waals surface area contributed by atoms with E-state index in [1.54, 1.807) is 0 Å². The Morgan fingerprint density at radius 2 is 0.864 bits per heavy atom. The predicted octanol–water partition coefficient (Wildman–Crippen LogP) is 15.5. The standard InChI is InChI=1S/C62H46BN3/c1-43-38-56-55-35-30-50(47-22-12-5-13-23-47)41-59(55)66(53-32-28-48(29-33-53)45-18-8-3-9-19-45)63-57-36-34-54(64(51-24-14-6-15-25-51)52-26-16-7-17-27-52)42-60(57)65(61(39-43)62(56)63)58-37-31-49(40-44(58)2)46-20-10-4-11-21-46/h3-42H,1-2H3. The van der Waals surface area contributed by atoms with Crippen LogP contribution >= 0.6 is 0 Å². The SMILES string of the molecule is Cc1cc2c3c(c1)N(c1ccc(-c4ccccc4)cc1C)c1cc(N(c4ccccc4)c4ccccc4)ccc1B3N(c1ccc(-c3ccccc3)cc1)c1cc(-c3ccccc3)ccc1-2. The molecule has 66 heavy (non-hydrogen) atoms. The number of aryl methyl sites for hydroxylation is 2. The molecular weight excluding hydrogens is 798 g/mol. The Labute approximate surface area is 388 Å². The van der Waals surface area contributed by atoms with Crippen LogP contribution in [0.5, 0.6) is 0 Å². The van der Waals surface area contributed by atoms with Crippen LogP contribution in [-0.2, 0) is 0 Å². The van der Waals surface area contributed by atoms with Crippen LogP contribution in [0.15, 0.2) is 243 Å². The highest BCUT2D eigenvalue weighted by Gasteiger charge is 2.45. The molecule has 0 fully saturated rings. The van der Waals surface area contributed by atoms with E-state index in [9.17, 15) is 0 Å². The minimum absolute atomic E-state index is 0.136. The molecule has 0 spiro atoms. The highest BCUT2D eigenvalue weighted by Crippen LogP contribution is 2.50. The molecule has 0 atom stereocenters. The van der Waals surface area contributed by atoms with E-state index in [1.165, 1.54) is 77.9 Å². The van der Waals surface area contributed by atoms with Gasteiger partial charge in [-0.1, -0.05) is 170 Å². The number of fused-ring (bicyclic) bond motifs is 4. The van der Waals surface area contributed by atoms with E-state index >= 15 is 0 Å². The Kier molecular flexibility index (Phi) is 9.72. The summed E-state index contributed by atoms with van der Waals surface area (Å²) < 4.78 is 0. The van der Waals surface area contributed by atoms with E-state index in [0.29, 0.717) is 0 Å². The average molecular weight is 844 g/mol. The summed E-state index contributed by atoms with van der Waals surface area (Å²) in [6.07, 6.45) is 0. The molecule has 0 bridgehead atoms. The van der Waals surface area contributed by atoms with E-state index in [-0.39, 0.29) is 6.85 Å². The van der Waals surface area contributed by atoms with Crippen molar-refractivity contribution in [2.24, 2.45) is 0 Å². The molecule has 10 aromatic rings. The maximum absolute atomic E-state index is 2.62. The highest BCUT2D eigenvalue weighted by molar-refractivity contribution is 6.93. The van der Waals surface area contributed by atoms with Gasteiger partial charge in [0.2, 0.25) is 0 Å². The quantitative estimate of drug-likeness (QED) is 0.141. The lowest BCUT2D eigenvalue weighted by atomic mass is 9.43. The summed E-state index contributed by atoms with van der Waals surface area (Å²) in [5.74, 6) is 0. The van der Waals surface area contributed by atoms with Gasteiger partial charge in [0.15, 0.2) is 0 Å². The van der Waals surface area contributed by atoms with Crippen molar-refractivity contribution in [3.05, 3.63) is 254 Å². The topological polar surface area (TPSA) is 9.72 Å². The molecule has 312 valence electrons. The lowest BCUT2D eigenvalue weighted by Gasteiger charge is -2.46. The van der Waals surface area contributed by atoms with Crippen molar-refractivity contribution in [2.45, 2.75) is 13.8 Å². The van der Waals surface area contributed by atoms with Crippen LogP contribution in [0.1, 0.15) is 11.1 Å². The summed E-state index contributed by atoms with van der Waals surface area (Å²) in [4.78, 5) is 7.55. The third-order valence-electron chi connectivity index (χ3n) is 13.4. The van der Waals surface area contributed by atoms with Gasteiger partial charge in [0.05, 0.1) is 0 Å². The smallest absolute Gasteiger partial charge is 0.333 e. The van der Waals surface area contributed by atoms with Crippen molar-refractivity contribution in [3.63, 3.8) is 0 Å². The van der Waals surface area contributed by atoms with Gasteiger partial charge in [-0.2, -0.15) is 0 Å². The molecule has 12 rings (SSSR count). The Hall–Kier alpha value is -8.34. The second kappa shape index (κ2) is 16.3. The van der Waals surface area contributed by atoms with Gasteiger partial charge in [-0.25, -0.2) is 0 Å². The monoisotopic (exact) mass is 843 g/mol. The lowest BCUT2D eigenvalue weighted by molar-refractivity contribution is 1.22. The largest absolute Gasteiger partial charge is 0.376 e. The molecule has 2 heterocycles. The van der Waals surface area contributed by atoms with Crippen LogP contribution in [-0.4, -0.2) is 6.85 Å². The maximum atomic E-state index is 2.62. The summed E-state index contributed by atoms with van der Waals surface area (Å²) in [6, 6.07) is 88.9. The van der Waals surface area contributed by atoms with Gasteiger partial charge in [0, 0.05) is 51.1 Å². The van der Waals surface area contributed by atoms with E-state index in [1.807, 2.05) is 0 Å². The first kappa shape index (κ1) is 39.3. The fraction of sp³-hybridized carbons (Fsp3) is 0.0323. The molecule has 0 N–H and O–H groups in total. The third-order valence-corrected chi connectivity index (χ3v) is 13.4. The molecule has 0 saturated carbocycles. The number of anilines is 8. The first-order chi connectivity index (χ1) is 32.6. The van der Waals surface area contributed by atoms with Crippen LogP contribution in [0.25, 0.3) is 44.5 Å². The van der Waals surface area contributed by atoms with Crippen LogP contribution in [0, 0.1) is 13.8 Å². The molecule has 0 amide bonds. The first-order valence-electron chi connectivity index (χ1n) is 22.9. The first-order valence-corrected chi connectivity index (χ1v) is 22.9. The number of hydrogen-bond donors (Lipinski definition) is 0. The molecule has 0 aromatic heterocycles. The number of hydrogen-bond acceptors (Lipinski definition) is 3. The Morgan fingerprint density at radius 1 is 0.348 bits per heavy atom. The molecular formula is C62H46BN3. The van der Waals surface area contributed by atoms with Crippen molar-refractivity contribution in [2.75, 3.05) is 14.6 Å². The van der Waals surface area contributed by atoms with Crippen molar-refractivity contribution in [1.29, 1.82) is 0 Å². The van der Waals surface area contributed by atoms with Gasteiger partial charge >= 0.3 is 6.85 Å². The van der Waals surface area contributed by atoms with E-state index < -0.39 is 0 Å². The van der Waals surface area contributed by atoms with Gasteiger partial charge in [-0.3, -0.25) is 0 Å². The summed E-state index contributed by atoms with van der Waals surface area (Å²) in [5.41, 5.74) is 23.9. The van der Waals surface area contributed by atoms with Gasteiger partial charge in [0.25, 0.3) is 0 Å². The van der Waals surface area contributed by atoms with Gasteiger partial charge in [-0.05, 0) is 148 Å². The van der Waals surface area contributed by atoms with Crippen molar-refractivity contribution < 1.29 is 0 Å². The highest BCUT2D eigenvalue weighted by atomic mass is 15.2. The zero-order valence-corrected chi connectivity index (χ0v) is 37.0. The zero-order valence-electron chi connectivity index (χ0n) is 37.0. The maximum Gasteiger partial charge on any atom is 0.333 e. The average Bonchev–Trinajstić information content (AvgIpc) is 3.38. The summed E-state index contributed by atoms with van der Waals surface area (Å²) in [5, 5.41) is 0. The van der Waals surface area contributed by atoms with E-state index in [2.05, 4.69) is 271 Å². The van der Waals surface area contributed by atoms with Crippen LogP contribution in [0.4, 0.5) is 45.5 Å². The summed E-state index contributed by atoms with van der Waals surface area (Å²) in [7, 11) is 0. The van der Waals surface area contributed by atoms with Crippen molar-refractivity contribution in [1.82, 2.24) is 0 Å². The summed E-state index contributed by atoms with van der Waals surface area (Å²) in [6.45, 7) is 4.38. The molecule has 0 aliphatic carbocycles. The minimum Gasteiger partial charge on any atom is -0.376 e. The zero-order chi connectivity index (χ0) is 44.1. The minimum atomic E-state index is -0.136. The molecule has 4 heteroatoms. The van der Waals surface area contributed by atoms with Gasteiger partial charge in [-0.15, -0.1) is 0 Å². The molecule has 2 aliphatic rings. The summed E-state index contributed by atoms with van der Waals surface area (Å²) >= 11 is 0. The fourth-order valence-corrected chi connectivity index (χ4v) is 10.3. The molecule has 0 radical (unpaired) electrons. The van der Waals surface area contributed by atoms with Gasteiger partial charge < -0.3 is 14.6 Å². The van der Waals surface area contributed by atoms with Crippen LogP contribution in [0.3, 0.4) is 0 Å². The second-order valence-corrected chi connectivity index (χ2v) is 17.5. The molecule has 0 saturated heterocycles. The molecule has 10 aromatic carbocycles. The van der Waals surface area contributed by atoms with Crippen molar-refractivity contribution in [3.8, 4) is 44.5 Å². The number of para-hydroxylation sites is 2. The van der Waals surface area contributed by atoms with Crippen molar-refractivity contribution >= 4 is 63.3 Å². The van der Waals surface area contributed by atoms with Crippen LogP contribution in [0.2, 0.25) is 0 Å². The van der Waals surface area contributed by atoms with E-state index in [4.69, 9.17) is 0 Å². The fourth-order valence-electron chi connectivity index (χ4n) is 10.3. The van der Waals surface area contributed by atoms with Crippen LogP contribution < -0.4 is 25.5 Å². The Balaban J connectivity index is 1.13. The predicted molar refractivity (Wildman–Crippen MR) is 281 cm³/mol. The van der Waals surface area contributed by atoms with Gasteiger partial charge in [0.1, 0.15) is 0 Å². The molecule has 2 aliphatic heterocycles. The molecule has 3 nitrogen and oxygen atoms in total.